The Bertz CT molecular complexity index is 204. The van der Waals surface area contributed by atoms with Crippen LogP contribution in [0.5, 0.6) is 0 Å². The van der Waals surface area contributed by atoms with Crippen LogP contribution in [-0.2, 0) is 20.8 Å². The van der Waals surface area contributed by atoms with Gasteiger partial charge in [0.15, 0.2) is 0 Å². The minimum absolute atomic E-state index is 4.92. The van der Waals surface area contributed by atoms with Gasteiger partial charge in [-0.3, -0.25) is 13.0 Å². The molecular formula is HO8S2-3. The van der Waals surface area contributed by atoms with Crippen molar-refractivity contribution in [1.29, 1.82) is 0 Å². The molecule has 0 aromatic heterocycles. The van der Waals surface area contributed by atoms with Crippen molar-refractivity contribution in [2.45, 2.75) is 0 Å². The van der Waals surface area contributed by atoms with E-state index in [1.807, 2.05) is 0 Å². The van der Waals surface area contributed by atoms with Crippen molar-refractivity contribution in [3.63, 3.8) is 0 Å². The molecule has 0 fully saturated rings. The van der Waals surface area contributed by atoms with Crippen LogP contribution in [0.25, 0.3) is 0 Å². The third kappa shape index (κ3) is 5200. The van der Waals surface area contributed by atoms with Gasteiger partial charge in [0.1, 0.15) is 0 Å². The first-order chi connectivity index (χ1) is 4.00. The number of hydrogen-bond acceptors (Lipinski definition) is 7. The zero-order valence-electron chi connectivity index (χ0n) is 4.12. The Labute approximate surface area is 56.6 Å². The van der Waals surface area contributed by atoms with Gasteiger partial charge in [-0.05, 0) is 0 Å². The highest BCUT2D eigenvalue weighted by atomic mass is 32.3. The zero-order chi connectivity index (χ0) is 9.00. The molecule has 8 nitrogen and oxygen atoms in total. The fraction of sp³-hybridized carbons (Fsp3) is 0. The summed E-state index contributed by atoms with van der Waals surface area (Å²) in [5.41, 5.74) is 0. The van der Waals surface area contributed by atoms with Crippen LogP contribution in [-0.4, -0.2) is 35.0 Å². The lowest BCUT2D eigenvalue weighted by atomic mass is 15.8. The molecule has 0 saturated heterocycles. The largest absolute Gasteiger partial charge is 0.759 e. The van der Waals surface area contributed by atoms with Gasteiger partial charge < -0.3 is 13.7 Å². The van der Waals surface area contributed by atoms with Crippen LogP contribution >= 0.6 is 0 Å². The van der Waals surface area contributed by atoms with E-state index in [0.29, 0.717) is 0 Å². The summed E-state index contributed by atoms with van der Waals surface area (Å²) >= 11 is 0. The molecule has 0 atom stereocenters. The van der Waals surface area contributed by atoms with Crippen molar-refractivity contribution in [3.8, 4) is 0 Å². The summed E-state index contributed by atoms with van der Waals surface area (Å²) in [5, 5.41) is 0. The van der Waals surface area contributed by atoms with Gasteiger partial charge >= 0.3 is 0 Å². The van der Waals surface area contributed by atoms with Crippen LogP contribution in [0.1, 0.15) is 0 Å². The van der Waals surface area contributed by atoms with Crippen LogP contribution in [0.4, 0.5) is 0 Å². The first kappa shape index (κ1) is 12.4. The predicted octanol–water partition coefficient (Wildman–Crippen LogP) is -2.33. The third-order valence-electron chi connectivity index (χ3n) is 0. The van der Waals surface area contributed by atoms with E-state index in [9.17, 15) is 0 Å². The Balaban J connectivity index is 0. The molecule has 0 bridgehead atoms. The van der Waals surface area contributed by atoms with E-state index in [1.165, 1.54) is 0 Å². The van der Waals surface area contributed by atoms with Crippen molar-refractivity contribution in [2.75, 3.05) is 0 Å². The molecule has 0 radical (unpaired) electrons. The Hall–Kier alpha value is -0.260. The highest BCUT2D eigenvalue weighted by Gasteiger charge is 1.67. The second kappa shape index (κ2) is 3.80. The molecule has 10 heteroatoms. The fourth-order valence-electron chi connectivity index (χ4n) is 0. The predicted molar refractivity (Wildman–Crippen MR) is 22.8 cm³/mol. The zero-order valence-corrected chi connectivity index (χ0v) is 5.75. The summed E-state index contributed by atoms with van der Waals surface area (Å²) in [7, 11) is -10.1. The van der Waals surface area contributed by atoms with Crippen LogP contribution in [0.3, 0.4) is 0 Å². The molecular weight excluding hydrogens is 192 g/mol. The van der Waals surface area contributed by atoms with Crippen LogP contribution in [0, 0.1) is 0 Å². The number of rotatable bonds is 0. The maximum absolute atomic E-state index is 8.63. The summed E-state index contributed by atoms with van der Waals surface area (Å²) in [4.78, 5) is 0. The molecule has 0 aliphatic rings. The maximum Gasteiger partial charge on any atom is 0.215 e. The summed E-state index contributed by atoms with van der Waals surface area (Å²) in [6.07, 6.45) is 0. The maximum atomic E-state index is 8.63. The lowest BCUT2D eigenvalue weighted by Crippen LogP contribution is -1.91. The van der Waals surface area contributed by atoms with Gasteiger partial charge in [-0.1, -0.05) is 0 Å². The standard InChI is InChI=1S/2H2O4S/c2*1-5(2,3)4/h2*(H2,1,2,3,4)/p-3. The summed E-state index contributed by atoms with van der Waals surface area (Å²) < 4.78 is 66.9. The van der Waals surface area contributed by atoms with Crippen molar-refractivity contribution >= 4 is 20.8 Å². The van der Waals surface area contributed by atoms with E-state index in [2.05, 4.69) is 0 Å². The van der Waals surface area contributed by atoms with E-state index in [4.69, 9.17) is 35.0 Å². The van der Waals surface area contributed by atoms with E-state index < -0.39 is 20.8 Å². The molecule has 0 aromatic carbocycles. The van der Waals surface area contributed by atoms with Gasteiger partial charge in [-0.15, -0.1) is 0 Å². The van der Waals surface area contributed by atoms with Crippen LogP contribution in [0.2, 0.25) is 0 Å². The second-order valence-electron chi connectivity index (χ2n) is 0.836. The van der Waals surface area contributed by atoms with E-state index in [0.717, 1.165) is 0 Å². The summed E-state index contributed by atoms with van der Waals surface area (Å²) in [6, 6.07) is 0. The Morgan fingerprint density at radius 2 is 0.900 bits per heavy atom. The van der Waals surface area contributed by atoms with Gasteiger partial charge in [-0.2, -0.15) is 0 Å². The second-order valence-corrected chi connectivity index (χ2v) is 2.51. The third-order valence-corrected chi connectivity index (χ3v) is 0. The van der Waals surface area contributed by atoms with E-state index in [1.54, 1.807) is 0 Å². The Morgan fingerprint density at radius 3 is 0.900 bits per heavy atom. The molecule has 0 unspecified atom stereocenters. The van der Waals surface area contributed by atoms with Crippen molar-refractivity contribution < 1.29 is 35.0 Å². The average molecular weight is 193 g/mol. The van der Waals surface area contributed by atoms with E-state index in [-0.39, 0.29) is 0 Å². The molecule has 0 aliphatic carbocycles. The SMILES string of the molecule is O=S(=O)([O-])O.O=S(=O)([O-])[O-]. The molecule has 0 rings (SSSR count). The van der Waals surface area contributed by atoms with Gasteiger partial charge in [0.2, 0.25) is 10.4 Å². The summed E-state index contributed by atoms with van der Waals surface area (Å²) in [6.45, 7) is 0. The molecule has 64 valence electrons. The molecule has 0 spiro atoms. The normalized spacial score (nSPS) is 11.6. The fourth-order valence-corrected chi connectivity index (χ4v) is 0. The minimum atomic E-state index is -5.17. The van der Waals surface area contributed by atoms with Gasteiger partial charge in [0.05, 0.1) is 0 Å². The lowest BCUT2D eigenvalue weighted by Gasteiger charge is -2.06. The molecule has 0 heterocycles. The smallest absolute Gasteiger partial charge is 0.215 e. The van der Waals surface area contributed by atoms with Crippen molar-refractivity contribution in [3.05, 3.63) is 0 Å². The van der Waals surface area contributed by atoms with Crippen LogP contribution in [0.15, 0.2) is 0 Å². The molecule has 0 saturated carbocycles. The molecule has 0 aromatic rings. The van der Waals surface area contributed by atoms with Gasteiger partial charge in [-0.25, -0.2) is 8.42 Å². The molecule has 0 aliphatic heterocycles. The highest BCUT2D eigenvalue weighted by Crippen LogP contribution is 1.58. The van der Waals surface area contributed by atoms with E-state index >= 15 is 0 Å². The van der Waals surface area contributed by atoms with Gasteiger partial charge in [0.25, 0.3) is 0 Å². The van der Waals surface area contributed by atoms with Crippen molar-refractivity contribution in [2.24, 2.45) is 0 Å². The minimum Gasteiger partial charge on any atom is -0.759 e. The summed E-state index contributed by atoms with van der Waals surface area (Å²) in [5.74, 6) is 0. The molecule has 1 N–H and O–H groups in total. The molecule has 0 amide bonds. The Kier molecular flexibility index (Phi) is 4.72. The lowest BCUT2D eigenvalue weighted by molar-refractivity contribution is 0.352. The first-order valence-corrected chi connectivity index (χ1v) is 4.05. The quantitative estimate of drug-likeness (QED) is 0.331. The molecule has 10 heavy (non-hydrogen) atoms. The Morgan fingerprint density at radius 1 is 0.900 bits per heavy atom. The van der Waals surface area contributed by atoms with Crippen molar-refractivity contribution in [1.82, 2.24) is 0 Å². The number of hydrogen-bond donors (Lipinski definition) is 1. The van der Waals surface area contributed by atoms with Gasteiger partial charge in [0, 0.05) is 10.4 Å². The van der Waals surface area contributed by atoms with Crippen LogP contribution < -0.4 is 0 Å². The monoisotopic (exact) mass is 193 g/mol. The highest BCUT2D eigenvalue weighted by molar-refractivity contribution is 7.80. The average Bonchev–Trinajstić information content (AvgIpc) is 1.12. The first-order valence-electron chi connectivity index (χ1n) is 1.35. The topological polar surface area (TPSA) is 158 Å².